The van der Waals surface area contributed by atoms with Gasteiger partial charge < -0.3 is 18.4 Å². The molecule has 0 aliphatic rings. The maximum atomic E-state index is 11.8. The molecule has 30 heavy (non-hydrogen) atoms. The highest BCUT2D eigenvalue weighted by Crippen LogP contribution is 2.26. The molecular weight excluding hydrogens is 449 g/mol. The zero-order valence-electron chi connectivity index (χ0n) is 20.8. The highest BCUT2D eigenvalue weighted by atomic mass is 28.4. The minimum Gasteiger partial charge on any atom is -0.478 e. The van der Waals surface area contributed by atoms with E-state index in [1.54, 1.807) is 0 Å². The lowest BCUT2D eigenvalue weighted by molar-refractivity contribution is -0.136. The average Bonchev–Trinajstić information content (AvgIpc) is 2.43. The number of carboxylic acids is 2. The molecule has 0 rings (SSSR count). The lowest BCUT2D eigenvalue weighted by atomic mass is 10.00. The topological polar surface area (TPSA) is 93.1 Å². The number of aliphatic carboxylic acids is 2. The van der Waals surface area contributed by atoms with Crippen LogP contribution in [0.3, 0.4) is 0 Å². The van der Waals surface area contributed by atoms with E-state index < -0.39 is 45.2 Å². The van der Waals surface area contributed by atoms with Crippen LogP contribution in [0.1, 0.15) is 25.7 Å². The Morgan fingerprint density at radius 3 is 1.07 bits per heavy atom. The summed E-state index contributed by atoms with van der Waals surface area (Å²) in [5.74, 6) is -2.24. The fourth-order valence-corrected chi connectivity index (χ4v) is 20.1. The first-order chi connectivity index (χ1) is 13.2. The Labute approximate surface area is 187 Å². The van der Waals surface area contributed by atoms with Gasteiger partial charge in [0.15, 0.2) is 33.3 Å². The average molecular weight is 493 g/mol. The van der Waals surface area contributed by atoms with Crippen molar-refractivity contribution in [3.63, 3.8) is 0 Å². The van der Waals surface area contributed by atoms with E-state index in [9.17, 15) is 19.8 Å². The summed E-state index contributed by atoms with van der Waals surface area (Å²) in [6, 6.07) is 1.65. The maximum Gasteiger partial charge on any atom is 0.332 e. The molecule has 10 heteroatoms. The summed E-state index contributed by atoms with van der Waals surface area (Å²) < 4.78 is 12.6. The monoisotopic (exact) mass is 492 g/mol. The Hall–Kier alpha value is -0.532. The molecule has 0 spiro atoms. The molecule has 176 valence electrons. The van der Waals surface area contributed by atoms with E-state index >= 15 is 0 Å². The zero-order valence-corrected chi connectivity index (χ0v) is 24.8. The van der Waals surface area contributed by atoms with Crippen molar-refractivity contribution in [2.45, 2.75) is 103 Å². The summed E-state index contributed by atoms with van der Waals surface area (Å²) in [4.78, 5) is 23.7. The highest BCUT2D eigenvalue weighted by molar-refractivity contribution is 6.84. The van der Waals surface area contributed by atoms with Crippen LogP contribution >= 0.6 is 0 Å². The van der Waals surface area contributed by atoms with E-state index in [0.29, 0.717) is 12.8 Å². The fraction of sp³-hybridized carbons (Fsp3) is 0.800. The normalized spacial score (nSPS) is 14.5. The van der Waals surface area contributed by atoms with Crippen LogP contribution in [0, 0.1) is 0 Å². The van der Waals surface area contributed by atoms with Crippen LogP contribution in [-0.2, 0) is 17.8 Å². The van der Waals surface area contributed by atoms with E-state index in [-0.39, 0.29) is 24.0 Å². The van der Waals surface area contributed by atoms with Crippen LogP contribution in [0.4, 0.5) is 0 Å². The van der Waals surface area contributed by atoms with Crippen molar-refractivity contribution in [1.29, 1.82) is 0 Å². The number of hydrogen-bond donors (Lipinski definition) is 2. The number of hydrogen-bond acceptors (Lipinski definition) is 4. The SMILES string of the molecule is C[Si](C)(C)O[Si](C)(C)CCC/C(C(=O)O)=C(/CCC[Si](C)(C)O[Si](C)(C)C)C(=O)O. The molecule has 0 aliphatic heterocycles. The van der Waals surface area contributed by atoms with Gasteiger partial charge in [-0.15, -0.1) is 0 Å². The van der Waals surface area contributed by atoms with Crippen molar-refractivity contribution >= 4 is 45.2 Å². The first kappa shape index (κ1) is 29.5. The quantitative estimate of drug-likeness (QED) is 0.224. The Kier molecular flexibility index (Phi) is 11.2. The van der Waals surface area contributed by atoms with Crippen molar-refractivity contribution < 1.29 is 28.0 Å². The van der Waals surface area contributed by atoms with Crippen LogP contribution < -0.4 is 0 Å². The van der Waals surface area contributed by atoms with Gasteiger partial charge in [-0.1, -0.05) is 0 Å². The molecule has 0 aromatic heterocycles. The molecule has 0 unspecified atom stereocenters. The van der Waals surface area contributed by atoms with Gasteiger partial charge >= 0.3 is 11.9 Å². The second-order valence-corrected chi connectivity index (χ2v) is 29.3. The molecular formula is C20H44O6Si4. The summed E-state index contributed by atoms with van der Waals surface area (Å²) in [7, 11) is -7.07. The molecule has 0 aromatic carbocycles. The maximum absolute atomic E-state index is 11.8. The van der Waals surface area contributed by atoms with E-state index in [4.69, 9.17) is 8.23 Å². The van der Waals surface area contributed by atoms with Gasteiger partial charge in [-0.25, -0.2) is 9.59 Å². The summed E-state index contributed by atoms with van der Waals surface area (Å²) in [5.41, 5.74) is 0.0942. The largest absolute Gasteiger partial charge is 0.478 e. The first-order valence-electron chi connectivity index (χ1n) is 10.8. The van der Waals surface area contributed by atoms with Gasteiger partial charge in [-0.05, 0) is 103 Å². The highest BCUT2D eigenvalue weighted by Gasteiger charge is 2.31. The Balaban J connectivity index is 5.17. The molecule has 0 amide bonds. The molecule has 0 saturated heterocycles. The third kappa shape index (κ3) is 13.7. The molecule has 0 radical (unpaired) electrons. The predicted octanol–water partition coefficient (Wildman–Crippen LogP) is 6.13. The summed E-state index contributed by atoms with van der Waals surface area (Å²) in [6.45, 7) is 21.5. The van der Waals surface area contributed by atoms with E-state index in [1.165, 1.54) is 0 Å². The molecule has 0 heterocycles. The first-order valence-corrected chi connectivity index (χ1v) is 23.9. The van der Waals surface area contributed by atoms with Gasteiger partial charge in [0.05, 0.1) is 0 Å². The Bertz CT molecular complexity index is 576. The van der Waals surface area contributed by atoms with E-state index in [1.807, 2.05) is 0 Å². The molecule has 0 bridgehead atoms. The minimum absolute atomic E-state index is 0.0471. The van der Waals surface area contributed by atoms with Crippen molar-refractivity contribution in [2.24, 2.45) is 0 Å². The molecule has 2 N–H and O–H groups in total. The number of carboxylic acid groups (broad SMARTS) is 2. The van der Waals surface area contributed by atoms with Crippen LogP contribution in [0.2, 0.25) is 77.6 Å². The van der Waals surface area contributed by atoms with Crippen molar-refractivity contribution in [1.82, 2.24) is 0 Å². The second-order valence-electron chi connectivity index (χ2n) is 11.2. The third-order valence-electron chi connectivity index (χ3n) is 4.46. The van der Waals surface area contributed by atoms with Crippen molar-refractivity contribution in [3.8, 4) is 0 Å². The van der Waals surface area contributed by atoms with Crippen molar-refractivity contribution in [3.05, 3.63) is 11.1 Å². The van der Waals surface area contributed by atoms with Gasteiger partial charge in [0, 0.05) is 11.1 Å². The lowest BCUT2D eigenvalue weighted by Crippen LogP contribution is -2.42. The smallest absolute Gasteiger partial charge is 0.332 e. The van der Waals surface area contributed by atoms with Crippen molar-refractivity contribution in [2.75, 3.05) is 0 Å². The molecule has 0 aromatic rings. The summed E-state index contributed by atoms with van der Waals surface area (Å²) in [5, 5.41) is 19.4. The third-order valence-corrected chi connectivity index (χ3v) is 16.9. The standard InChI is InChI=1S/C20H44O6Si4/c1-27(2,3)25-29(7,8)15-11-13-17(19(21)22)18(20(23)24)14-12-16-30(9,10)26-28(4,5)6/h11-16H2,1-10H3,(H,21,22)(H,23,24)/b18-17+. The molecule has 0 atom stereocenters. The zero-order chi connectivity index (χ0) is 24.0. The number of carbonyl (C=O) groups is 2. The van der Waals surface area contributed by atoms with Gasteiger partial charge in [-0.2, -0.15) is 0 Å². The van der Waals surface area contributed by atoms with Gasteiger partial charge in [0.1, 0.15) is 0 Å². The van der Waals surface area contributed by atoms with Crippen LogP contribution in [0.15, 0.2) is 11.1 Å². The van der Waals surface area contributed by atoms with E-state index in [2.05, 4.69) is 65.5 Å². The second kappa shape index (κ2) is 11.4. The lowest BCUT2D eigenvalue weighted by Gasteiger charge is -2.32. The van der Waals surface area contributed by atoms with Gasteiger partial charge in [-0.3, -0.25) is 0 Å². The molecule has 6 nitrogen and oxygen atoms in total. The van der Waals surface area contributed by atoms with E-state index in [0.717, 1.165) is 12.1 Å². The van der Waals surface area contributed by atoms with Gasteiger partial charge in [0.2, 0.25) is 0 Å². The Morgan fingerprint density at radius 2 is 0.867 bits per heavy atom. The van der Waals surface area contributed by atoms with Crippen LogP contribution in [0.25, 0.3) is 0 Å². The summed E-state index contributed by atoms with van der Waals surface area (Å²) >= 11 is 0. The van der Waals surface area contributed by atoms with Crippen LogP contribution in [-0.4, -0.2) is 55.4 Å². The Morgan fingerprint density at radius 1 is 0.600 bits per heavy atom. The number of rotatable bonds is 14. The molecule has 0 saturated carbocycles. The molecule has 0 fully saturated rings. The van der Waals surface area contributed by atoms with Gasteiger partial charge in [0.25, 0.3) is 0 Å². The van der Waals surface area contributed by atoms with Crippen LogP contribution in [0.5, 0.6) is 0 Å². The fourth-order valence-electron chi connectivity index (χ4n) is 3.92. The minimum atomic E-state index is -1.88. The summed E-state index contributed by atoms with van der Waals surface area (Å²) in [6.07, 6.45) is 1.82. The molecule has 0 aliphatic carbocycles. The predicted molar refractivity (Wildman–Crippen MR) is 134 cm³/mol.